The van der Waals surface area contributed by atoms with E-state index in [1.54, 1.807) is 19.1 Å². The molecule has 0 radical (unpaired) electrons. The molecule has 1 saturated heterocycles. The third-order valence-electron chi connectivity index (χ3n) is 4.30. The van der Waals surface area contributed by atoms with Gasteiger partial charge in [0.1, 0.15) is 11.3 Å². The molecule has 2 heterocycles. The number of fused-ring (bicyclic) bond motifs is 1. The Morgan fingerprint density at radius 2 is 2.24 bits per heavy atom. The maximum Gasteiger partial charge on any atom is 0.336 e. The summed E-state index contributed by atoms with van der Waals surface area (Å²) in [5, 5.41) is 20.0. The molecule has 112 valence electrons. The zero-order valence-corrected chi connectivity index (χ0v) is 12.0. The molecular formula is C16H19NO4. The van der Waals surface area contributed by atoms with E-state index < -0.39 is 5.63 Å². The number of nitrogens with zero attached hydrogens (tertiary/aromatic N) is 1. The zero-order chi connectivity index (χ0) is 15.0. The number of benzene rings is 1. The number of aromatic hydroxyl groups is 1. The van der Waals surface area contributed by atoms with Gasteiger partial charge in [0.2, 0.25) is 0 Å². The Morgan fingerprint density at radius 3 is 3.00 bits per heavy atom. The molecule has 5 nitrogen and oxygen atoms in total. The molecule has 1 aromatic heterocycles. The minimum atomic E-state index is -0.411. The number of rotatable bonds is 3. The molecule has 0 amide bonds. The van der Waals surface area contributed by atoms with Gasteiger partial charge in [-0.3, -0.25) is 4.90 Å². The quantitative estimate of drug-likeness (QED) is 0.842. The topological polar surface area (TPSA) is 73.9 Å². The highest BCUT2D eigenvalue weighted by atomic mass is 16.4. The Bertz CT molecular complexity index is 722. The molecular weight excluding hydrogens is 270 g/mol. The lowest BCUT2D eigenvalue weighted by Crippen LogP contribution is -2.31. The molecule has 0 aliphatic carbocycles. The first kappa shape index (κ1) is 14.1. The Balaban J connectivity index is 2.06. The number of aryl methyl sites for hydroxylation is 1. The highest BCUT2D eigenvalue weighted by molar-refractivity contribution is 5.84. The summed E-state index contributed by atoms with van der Waals surface area (Å²) in [6, 6.07) is 5.06. The predicted molar refractivity (Wildman–Crippen MR) is 79.4 cm³/mol. The Hall–Kier alpha value is -1.85. The highest BCUT2D eigenvalue weighted by Gasteiger charge is 2.24. The average Bonchev–Trinajstić information content (AvgIpc) is 2.90. The third kappa shape index (κ3) is 2.54. The van der Waals surface area contributed by atoms with Crippen LogP contribution in [0.15, 0.2) is 27.4 Å². The van der Waals surface area contributed by atoms with Crippen molar-refractivity contribution in [2.45, 2.75) is 32.4 Å². The molecule has 3 rings (SSSR count). The molecule has 0 bridgehead atoms. The minimum absolute atomic E-state index is 0.122. The molecule has 2 aromatic rings. The largest absolute Gasteiger partial charge is 0.508 e. The van der Waals surface area contributed by atoms with Crippen LogP contribution in [0.5, 0.6) is 5.75 Å². The number of aliphatic hydroxyl groups is 1. The second kappa shape index (κ2) is 5.50. The first-order valence-corrected chi connectivity index (χ1v) is 7.20. The van der Waals surface area contributed by atoms with Gasteiger partial charge in [0, 0.05) is 29.6 Å². The van der Waals surface area contributed by atoms with Gasteiger partial charge in [0.25, 0.3) is 0 Å². The second-order valence-corrected chi connectivity index (χ2v) is 5.63. The summed E-state index contributed by atoms with van der Waals surface area (Å²) in [5.74, 6) is 0.122. The van der Waals surface area contributed by atoms with Crippen LogP contribution < -0.4 is 5.63 Å². The fraction of sp³-hybridized carbons (Fsp3) is 0.438. The van der Waals surface area contributed by atoms with Crippen LogP contribution in [0.2, 0.25) is 0 Å². The summed E-state index contributed by atoms with van der Waals surface area (Å²) in [6.45, 7) is 3.40. The summed E-state index contributed by atoms with van der Waals surface area (Å²) < 4.78 is 5.25. The SMILES string of the molecule is Cc1c(O)ccc2c(CN3CCC[C@@H]3CO)cc(=O)oc12. The van der Waals surface area contributed by atoms with Crippen LogP contribution in [-0.4, -0.2) is 34.3 Å². The molecule has 0 unspecified atom stereocenters. The van der Waals surface area contributed by atoms with Gasteiger partial charge in [0.05, 0.1) is 6.61 Å². The third-order valence-corrected chi connectivity index (χ3v) is 4.30. The van der Waals surface area contributed by atoms with Crippen LogP contribution >= 0.6 is 0 Å². The smallest absolute Gasteiger partial charge is 0.336 e. The van der Waals surface area contributed by atoms with Crippen molar-refractivity contribution in [2.75, 3.05) is 13.2 Å². The number of phenols is 1. The fourth-order valence-corrected chi connectivity index (χ4v) is 3.08. The number of aliphatic hydroxyl groups excluding tert-OH is 1. The lowest BCUT2D eigenvalue weighted by Gasteiger charge is -2.23. The second-order valence-electron chi connectivity index (χ2n) is 5.63. The molecule has 21 heavy (non-hydrogen) atoms. The first-order valence-electron chi connectivity index (χ1n) is 7.20. The highest BCUT2D eigenvalue weighted by Crippen LogP contribution is 2.29. The van der Waals surface area contributed by atoms with Crippen LogP contribution in [0.25, 0.3) is 11.0 Å². The van der Waals surface area contributed by atoms with Crippen LogP contribution in [0, 0.1) is 6.92 Å². The molecule has 5 heteroatoms. The van der Waals surface area contributed by atoms with Crippen molar-refractivity contribution in [1.82, 2.24) is 4.90 Å². The van der Waals surface area contributed by atoms with E-state index in [9.17, 15) is 15.0 Å². The van der Waals surface area contributed by atoms with Crippen molar-refractivity contribution in [2.24, 2.45) is 0 Å². The summed E-state index contributed by atoms with van der Waals surface area (Å²) in [7, 11) is 0. The van der Waals surface area contributed by atoms with Gasteiger partial charge in [-0.15, -0.1) is 0 Å². The number of phenolic OH excluding ortho intramolecular Hbond substituents is 1. The van der Waals surface area contributed by atoms with E-state index in [-0.39, 0.29) is 18.4 Å². The van der Waals surface area contributed by atoms with Crippen molar-refractivity contribution in [1.29, 1.82) is 0 Å². The monoisotopic (exact) mass is 289 g/mol. The van der Waals surface area contributed by atoms with Crippen molar-refractivity contribution < 1.29 is 14.6 Å². The van der Waals surface area contributed by atoms with Crippen LogP contribution in [0.1, 0.15) is 24.0 Å². The molecule has 0 spiro atoms. The van der Waals surface area contributed by atoms with Crippen molar-refractivity contribution >= 4 is 11.0 Å². The van der Waals surface area contributed by atoms with E-state index in [0.717, 1.165) is 30.3 Å². The molecule has 2 N–H and O–H groups in total. The molecule has 1 aliphatic heterocycles. The summed E-state index contributed by atoms with van der Waals surface area (Å²) >= 11 is 0. The normalized spacial score (nSPS) is 19.4. The van der Waals surface area contributed by atoms with Gasteiger partial charge in [-0.2, -0.15) is 0 Å². The van der Waals surface area contributed by atoms with Gasteiger partial charge in [-0.1, -0.05) is 0 Å². The van der Waals surface area contributed by atoms with Gasteiger partial charge >= 0.3 is 5.63 Å². The van der Waals surface area contributed by atoms with Crippen LogP contribution in [0.3, 0.4) is 0 Å². The average molecular weight is 289 g/mol. The van der Waals surface area contributed by atoms with E-state index in [1.165, 1.54) is 6.07 Å². The van der Waals surface area contributed by atoms with Crippen molar-refractivity contribution in [3.8, 4) is 5.75 Å². The Kier molecular flexibility index (Phi) is 3.69. The fourth-order valence-electron chi connectivity index (χ4n) is 3.08. The number of hydrogen-bond donors (Lipinski definition) is 2. The molecule has 1 atom stereocenters. The minimum Gasteiger partial charge on any atom is -0.508 e. The molecule has 1 aromatic carbocycles. The predicted octanol–water partition coefficient (Wildman–Crippen LogP) is 1.76. The summed E-state index contributed by atoms with van der Waals surface area (Å²) in [6.07, 6.45) is 2.04. The van der Waals surface area contributed by atoms with Gasteiger partial charge in [0.15, 0.2) is 0 Å². The van der Waals surface area contributed by atoms with Gasteiger partial charge < -0.3 is 14.6 Å². The molecule has 1 aliphatic rings. The van der Waals surface area contributed by atoms with Crippen LogP contribution in [0.4, 0.5) is 0 Å². The molecule has 0 saturated carbocycles. The zero-order valence-electron chi connectivity index (χ0n) is 12.0. The van der Waals surface area contributed by atoms with E-state index >= 15 is 0 Å². The standard InChI is InChI=1S/C16H19NO4/c1-10-14(19)5-4-13-11(7-15(20)21-16(10)13)8-17-6-2-3-12(17)9-18/h4-5,7,12,18-19H,2-3,6,8-9H2,1H3/t12-/m1/s1. The Labute approximate surface area is 122 Å². The van der Waals surface area contributed by atoms with E-state index in [4.69, 9.17) is 4.42 Å². The number of hydrogen-bond acceptors (Lipinski definition) is 5. The lowest BCUT2D eigenvalue weighted by atomic mass is 10.1. The summed E-state index contributed by atoms with van der Waals surface area (Å²) in [4.78, 5) is 14.0. The summed E-state index contributed by atoms with van der Waals surface area (Å²) in [5.41, 5.74) is 1.49. The van der Waals surface area contributed by atoms with E-state index in [0.29, 0.717) is 17.7 Å². The van der Waals surface area contributed by atoms with Gasteiger partial charge in [-0.05, 0) is 44.0 Å². The number of likely N-dealkylation sites (tertiary alicyclic amines) is 1. The molecule has 1 fully saturated rings. The van der Waals surface area contributed by atoms with Gasteiger partial charge in [-0.25, -0.2) is 4.79 Å². The lowest BCUT2D eigenvalue weighted by molar-refractivity contribution is 0.154. The first-order chi connectivity index (χ1) is 10.1. The van der Waals surface area contributed by atoms with Crippen LogP contribution in [-0.2, 0) is 6.54 Å². The Morgan fingerprint density at radius 1 is 1.43 bits per heavy atom. The maximum absolute atomic E-state index is 11.8. The van der Waals surface area contributed by atoms with E-state index in [2.05, 4.69) is 4.90 Å². The van der Waals surface area contributed by atoms with Crippen molar-refractivity contribution in [3.63, 3.8) is 0 Å². The maximum atomic E-state index is 11.8. The van der Waals surface area contributed by atoms with E-state index in [1.807, 2.05) is 0 Å². The van der Waals surface area contributed by atoms with Crippen molar-refractivity contribution in [3.05, 3.63) is 39.7 Å².